The van der Waals surface area contributed by atoms with Gasteiger partial charge in [0, 0.05) is 11.9 Å². The zero-order valence-corrected chi connectivity index (χ0v) is 10.9. The largest absolute Gasteiger partial charge is 0.465 e. The van der Waals surface area contributed by atoms with Gasteiger partial charge in [0.05, 0.1) is 13.0 Å². The van der Waals surface area contributed by atoms with Gasteiger partial charge in [-0.25, -0.2) is 0 Å². The van der Waals surface area contributed by atoms with Gasteiger partial charge < -0.3 is 9.26 Å². The lowest BCUT2D eigenvalue weighted by Gasteiger charge is -2.04. The number of hydrogen-bond acceptors (Lipinski definition) is 6. The number of hydrogen-bond donors (Lipinski definition) is 0. The number of aromatic nitrogens is 3. The monoisotopic (exact) mass is 261 g/mol. The zero-order valence-electron chi connectivity index (χ0n) is 10.9. The molecule has 19 heavy (non-hydrogen) atoms. The second kappa shape index (κ2) is 6.08. The summed E-state index contributed by atoms with van der Waals surface area (Å²) < 4.78 is 9.98. The topological polar surface area (TPSA) is 78.1 Å². The molecule has 2 heterocycles. The van der Waals surface area contributed by atoms with Crippen molar-refractivity contribution in [3.8, 4) is 0 Å². The fourth-order valence-electron chi connectivity index (χ4n) is 1.55. The Morgan fingerprint density at radius 2 is 2.32 bits per heavy atom. The van der Waals surface area contributed by atoms with E-state index in [1.54, 1.807) is 20.0 Å². The molecule has 0 radical (unpaired) electrons. The Kier molecular flexibility index (Phi) is 4.22. The quantitative estimate of drug-likeness (QED) is 0.762. The van der Waals surface area contributed by atoms with Gasteiger partial charge in [-0.05, 0) is 26.0 Å². The minimum absolute atomic E-state index is 0.268. The summed E-state index contributed by atoms with van der Waals surface area (Å²) in [5, 5.41) is 3.84. The van der Waals surface area contributed by atoms with Crippen LogP contribution in [0.4, 0.5) is 0 Å². The van der Waals surface area contributed by atoms with Crippen LogP contribution in [0.3, 0.4) is 0 Å². The van der Waals surface area contributed by atoms with Crippen LogP contribution in [0.15, 0.2) is 28.9 Å². The fourth-order valence-corrected chi connectivity index (χ4v) is 1.55. The molecule has 0 spiro atoms. The molecular weight excluding hydrogens is 246 g/mol. The standard InChI is InChI=1S/C13H15N3O3/c1-3-18-13(17)9(2)12-15-11(16-19-12)8-10-6-4-5-7-14-10/h4-7,9H,3,8H2,1-2H3. The molecule has 6 heteroatoms. The van der Waals surface area contributed by atoms with E-state index in [9.17, 15) is 4.79 Å². The predicted molar refractivity (Wildman–Crippen MR) is 66.4 cm³/mol. The van der Waals surface area contributed by atoms with Crippen molar-refractivity contribution in [2.24, 2.45) is 0 Å². The molecule has 0 aromatic carbocycles. The van der Waals surface area contributed by atoms with Gasteiger partial charge in [0.1, 0.15) is 5.92 Å². The van der Waals surface area contributed by atoms with E-state index in [2.05, 4.69) is 15.1 Å². The van der Waals surface area contributed by atoms with Crippen LogP contribution in [-0.4, -0.2) is 27.7 Å². The van der Waals surface area contributed by atoms with E-state index in [0.29, 0.717) is 18.9 Å². The van der Waals surface area contributed by atoms with Crippen LogP contribution in [0.5, 0.6) is 0 Å². The van der Waals surface area contributed by atoms with Crippen molar-refractivity contribution in [2.75, 3.05) is 6.61 Å². The summed E-state index contributed by atoms with van der Waals surface area (Å²) in [6.45, 7) is 3.76. The van der Waals surface area contributed by atoms with E-state index < -0.39 is 5.92 Å². The molecule has 2 rings (SSSR count). The number of pyridine rings is 1. The van der Waals surface area contributed by atoms with Gasteiger partial charge in [0.25, 0.3) is 0 Å². The fraction of sp³-hybridized carbons (Fsp3) is 0.385. The number of esters is 1. The Morgan fingerprint density at radius 1 is 1.47 bits per heavy atom. The summed E-state index contributed by atoms with van der Waals surface area (Å²) in [6, 6.07) is 5.61. The van der Waals surface area contributed by atoms with Crippen LogP contribution in [0, 0.1) is 0 Å². The smallest absolute Gasteiger partial charge is 0.318 e. The molecule has 0 aliphatic carbocycles. The molecule has 6 nitrogen and oxygen atoms in total. The molecule has 1 unspecified atom stereocenters. The van der Waals surface area contributed by atoms with Gasteiger partial charge in [-0.1, -0.05) is 11.2 Å². The zero-order chi connectivity index (χ0) is 13.7. The van der Waals surface area contributed by atoms with Crippen molar-refractivity contribution in [3.05, 3.63) is 41.8 Å². The summed E-state index contributed by atoms with van der Waals surface area (Å²) in [7, 11) is 0. The number of nitrogens with zero attached hydrogens (tertiary/aromatic N) is 3. The molecule has 0 fully saturated rings. The Balaban J connectivity index is 2.05. The van der Waals surface area contributed by atoms with Crippen molar-refractivity contribution in [3.63, 3.8) is 0 Å². The maximum absolute atomic E-state index is 11.5. The number of ether oxygens (including phenoxy) is 1. The van der Waals surface area contributed by atoms with Crippen molar-refractivity contribution >= 4 is 5.97 Å². The van der Waals surface area contributed by atoms with E-state index in [1.807, 2.05) is 18.2 Å². The van der Waals surface area contributed by atoms with Crippen molar-refractivity contribution in [2.45, 2.75) is 26.2 Å². The Bertz CT molecular complexity index is 539. The van der Waals surface area contributed by atoms with Gasteiger partial charge in [-0.3, -0.25) is 9.78 Å². The first-order valence-electron chi connectivity index (χ1n) is 6.09. The van der Waals surface area contributed by atoms with Gasteiger partial charge in [-0.15, -0.1) is 0 Å². The average Bonchev–Trinajstić information content (AvgIpc) is 2.88. The van der Waals surface area contributed by atoms with Crippen LogP contribution >= 0.6 is 0 Å². The molecule has 1 atom stereocenters. The molecule has 2 aromatic heterocycles. The molecule has 0 aliphatic heterocycles. The first-order valence-corrected chi connectivity index (χ1v) is 6.09. The lowest BCUT2D eigenvalue weighted by Crippen LogP contribution is -2.13. The van der Waals surface area contributed by atoms with Gasteiger partial charge in [-0.2, -0.15) is 4.98 Å². The van der Waals surface area contributed by atoms with Gasteiger partial charge in [0.15, 0.2) is 5.82 Å². The maximum atomic E-state index is 11.5. The van der Waals surface area contributed by atoms with Crippen LogP contribution in [-0.2, 0) is 16.0 Å². The molecule has 0 aliphatic rings. The first-order chi connectivity index (χ1) is 9.20. The van der Waals surface area contributed by atoms with Crippen LogP contribution in [0.1, 0.15) is 37.2 Å². The molecule has 2 aromatic rings. The second-order valence-electron chi connectivity index (χ2n) is 4.02. The van der Waals surface area contributed by atoms with Gasteiger partial charge in [0.2, 0.25) is 5.89 Å². The highest BCUT2D eigenvalue weighted by molar-refractivity contribution is 5.76. The average molecular weight is 261 g/mol. The van der Waals surface area contributed by atoms with E-state index in [1.165, 1.54) is 0 Å². The second-order valence-corrected chi connectivity index (χ2v) is 4.02. The maximum Gasteiger partial charge on any atom is 0.318 e. The Hall–Kier alpha value is -2.24. The first kappa shape index (κ1) is 13.2. The third kappa shape index (κ3) is 3.37. The number of carbonyl (C=O) groups is 1. The van der Waals surface area contributed by atoms with E-state index in [0.717, 1.165) is 5.69 Å². The lowest BCUT2D eigenvalue weighted by atomic mass is 10.2. The molecule has 100 valence electrons. The van der Waals surface area contributed by atoms with Crippen LogP contribution < -0.4 is 0 Å². The minimum Gasteiger partial charge on any atom is -0.465 e. The van der Waals surface area contributed by atoms with Crippen molar-refractivity contribution in [1.29, 1.82) is 0 Å². The molecule has 0 bridgehead atoms. The SMILES string of the molecule is CCOC(=O)C(C)c1nc(Cc2ccccn2)no1. The number of carbonyl (C=O) groups excluding carboxylic acids is 1. The van der Waals surface area contributed by atoms with E-state index in [-0.39, 0.29) is 11.9 Å². The summed E-state index contributed by atoms with van der Waals surface area (Å²) in [5.74, 6) is -0.144. The highest BCUT2D eigenvalue weighted by Gasteiger charge is 2.23. The predicted octanol–water partition coefficient (Wildman–Crippen LogP) is 1.72. The van der Waals surface area contributed by atoms with Crippen LogP contribution in [0.2, 0.25) is 0 Å². The molecule has 0 saturated heterocycles. The summed E-state index contributed by atoms with van der Waals surface area (Å²) >= 11 is 0. The summed E-state index contributed by atoms with van der Waals surface area (Å²) in [4.78, 5) is 19.9. The van der Waals surface area contributed by atoms with Crippen molar-refractivity contribution < 1.29 is 14.1 Å². The molecular formula is C13H15N3O3. The minimum atomic E-state index is -0.551. The Morgan fingerprint density at radius 3 is 3.00 bits per heavy atom. The normalized spacial score (nSPS) is 12.1. The van der Waals surface area contributed by atoms with Crippen molar-refractivity contribution in [1.82, 2.24) is 15.1 Å². The molecule has 0 amide bonds. The lowest BCUT2D eigenvalue weighted by molar-refractivity contribution is -0.145. The third-order valence-electron chi connectivity index (χ3n) is 2.56. The molecule has 0 N–H and O–H groups in total. The van der Waals surface area contributed by atoms with E-state index >= 15 is 0 Å². The summed E-state index contributed by atoms with van der Waals surface area (Å²) in [6.07, 6.45) is 2.18. The highest BCUT2D eigenvalue weighted by Crippen LogP contribution is 2.15. The molecule has 0 saturated carbocycles. The number of rotatable bonds is 5. The van der Waals surface area contributed by atoms with Crippen LogP contribution in [0.25, 0.3) is 0 Å². The summed E-state index contributed by atoms with van der Waals surface area (Å²) in [5.41, 5.74) is 0.846. The highest BCUT2D eigenvalue weighted by atomic mass is 16.5. The third-order valence-corrected chi connectivity index (χ3v) is 2.56. The van der Waals surface area contributed by atoms with Gasteiger partial charge >= 0.3 is 5.97 Å². The van der Waals surface area contributed by atoms with E-state index in [4.69, 9.17) is 9.26 Å². The Labute approximate surface area is 110 Å².